The minimum absolute atomic E-state index is 0.152. The van der Waals surface area contributed by atoms with Crippen LogP contribution in [-0.4, -0.2) is 28.7 Å². The van der Waals surface area contributed by atoms with Gasteiger partial charge in [0, 0.05) is 12.1 Å². The minimum Gasteiger partial charge on any atom is -0.324 e. The zero-order valence-corrected chi connectivity index (χ0v) is 24.6. The third-order valence-corrected chi connectivity index (χ3v) is 10.6. The SMILES string of the molecule is Cc1ccc(NC(=O)[C@@H](Cc2ccccc2)N2C(=O)[C@@H]3[C@H](C2=O)C2(Cl)c4ccccc4C3(Cl)c3ccccc32)cc1C. The van der Waals surface area contributed by atoms with Crippen molar-refractivity contribution in [3.63, 3.8) is 0 Å². The molecule has 1 N–H and O–H groups in total. The molecule has 7 heteroatoms. The zero-order valence-electron chi connectivity index (χ0n) is 23.1. The lowest BCUT2D eigenvalue weighted by molar-refractivity contribution is -0.146. The lowest BCUT2D eigenvalue weighted by Gasteiger charge is -2.54. The maximum atomic E-state index is 14.6. The maximum Gasteiger partial charge on any atom is 0.248 e. The molecule has 2 bridgehead atoms. The van der Waals surface area contributed by atoms with E-state index in [4.69, 9.17) is 23.2 Å². The Morgan fingerprint density at radius 3 is 1.69 bits per heavy atom. The van der Waals surface area contributed by atoms with Gasteiger partial charge in [-0.05, 0) is 64.9 Å². The minimum atomic E-state index is -1.31. The number of benzene rings is 4. The Labute approximate surface area is 254 Å². The van der Waals surface area contributed by atoms with Crippen molar-refractivity contribution in [2.24, 2.45) is 11.8 Å². The number of anilines is 1. The van der Waals surface area contributed by atoms with Crippen LogP contribution in [0.25, 0.3) is 0 Å². The number of nitrogens with one attached hydrogen (secondary N) is 1. The summed E-state index contributed by atoms with van der Waals surface area (Å²) in [5, 5.41) is 2.97. The Balaban J connectivity index is 1.36. The lowest BCUT2D eigenvalue weighted by atomic mass is 9.54. The molecule has 8 rings (SSSR count). The van der Waals surface area contributed by atoms with Gasteiger partial charge in [0.15, 0.2) is 0 Å². The maximum absolute atomic E-state index is 14.6. The summed E-state index contributed by atoms with van der Waals surface area (Å²) in [6.07, 6.45) is 0.152. The lowest BCUT2D eigenvalue weighted by Crippen LogP contribution is -2.57. The molecule has 0 aromatic heterocycles. The Hall–Kier alpha value is -3.93. The Kier molecular flexibility index (Phi) is 6.12. The first-order valence-electron chi connectivity index (χ1n) is 14.0. The van der Waals surface area contributed by atoms with Crippen molar-refractivity contribution in [2.45, 2.75) is 36.1 Å². The van der Waals surface area contributed by atoms with E-state index >= 15 is 0 Å². The predicted octanol–water partition coefficient (Wildman–Crippen LogP) is 6.45. The van der Waals surface area contributed by atoms with E-state index in [-0.39, 0.29) is 6.42 Å². The number of rotatable bonds is 5. The summed E-state index contributed by atoms with van der Waals surface area (Å²) in [6.45, 7) is 3.96. The molecule has 4 aliphatic rings. The number of alkyl halides is 2. The van der Waals surface area contributed by atoms with Crippen molar-refractivity contribution in [1.29, 1.82) is 0 Å². The fourth-order valence-corrected chi connectivity index (χ4v) is 8.28. The topological polar surface area (TPSA) is 66.5 Å². The van der Waals surface area contributed by atoms with Gasteiger partial charge in [-0.1, -0.05) is 84.9 Å². The number of hydrogen-bond acceptors (Lipinski definition) is 3. The number of halogens is 2. The fraction of sp³-hybridized carbons (Fsp3) is 0.229. The average Bonchev–Trinajstić information content (AvgIpc) is 3.27. The molecule has 0 radical (unpaired) electrons. The molecule has 5 nitrogen and oxygen atoms in total. The van der Waals surface area contributed by atoms with E-state index in [0.29, 0.717) is 5.69 Å². The quantitative estimate of drug-likeness (QED) is 0.213. The standard InChI is InChI=1S/C35H28Cl2N2O3/c1-20-16-17-23(18-21(20)2)38-31(40)28(19-22-10-4-3-5-11-22)39-32(41)29-30(33(39)42)35(37)25-13-7-6-12-24(25)34(29,36)26-14-8-9-15-27(26)35/h3-18,28-30H,19H2,1-2H3,(H,38,40)/t28-,29-,30+,34?,35?/m1/s1. The van der Waals surface area contributed by atoms with Gasteiger partial charge in [0.25, 0.3) is 0 Å². The van der Waals surface area contributed by atoms with Gasteiger partial charge in [-0.15, -0.1) is 23.2 Å². The number of carbonyl (C=O) groups excluding carboxylic acids is 3. The molecular formula is C35H28Cl2N2O3. The second-order valence-corrected chi connectivity index (χ2v) is 12.7. The molecule has 3 aliphatic carbocycles. The summed E-state index contributed by atoms with van der Waals surface area (Å²) >= 11 is 15.2. The molecular weight excluding hydrogens is 567 g/mol. The normalized spacial score (nSPS) is 26.0. The molecule has 210 valence electrons. The van der Waals surface area contributed by atoms with E-state index in [2.05, 4.69) is 5.32 Å². The van der Waals surface area contributed by atoms with Crippen LogP contribution in [0.4, 0.5) is 5.69 Å². The first-order valence-corrected chi connectivity index (χ1v) is 14.8. The summed E-state index contributed by atoms with van der Waals surface area (Å²) in [5.41, 5.74) is 6.44. The highest BCUT2D eigenvalue weighted by Gasteiger charge is 2.73. The van der Waals surface area contributed by atoms with Crippen LogP contribution in [-0.2, 0) is 30.6 Å². The largest absolute Gasteiger partial charge is 0.324 e. The van der Waals surface area contributed by atoms with E-state index in [1.807, 2.05) is 111 Å². The molecule has 1 saturated heterocycles. The van der Waals surface area contributed by atoms with E-state index in [9.17, 15) is 14.4 Å². The van der Waals surface area contributed by atoms with Gasteiger partial charge in [0.2, 0.25) is 17.7 Å². The molecule has 4 aromatic rings. The van der Waals surface area contributed by atoms with Gasteiger partial charge in [0.05, 0.1) is 11.8 Å². The van der Waals surface area contributed by atoms with Crippen LogP contribution >= 0.6 is 23.2 Å². The van der Waals surface area contributed by atoms with Crippen molar-refractivity contribution in [3.05, 3.63) is 136 Å². The first kappa shape index (κ1) is 26.9. The van der Waals surface area contributed by atoms with Crippen LogP contribution in [0.5, 0.6) is 0 Å². The van der Waals surface area contributed by atoms with Crippen molar-refractivity contribution < 1.29 is 14.4 Å². The van der Waals surface area contributed by atoms with Gasteiger partial charge in [0.1, 0.15) is 15.8 Å². The number of likely N-dealkylation sites (tertiary alicyclic amines) is 1. The second-order valence-electron chi connectivity index (χ2n) is 11.5. The third-order valence-electron chi connectivity index (χ3n) is 9.28. The molecule has 3 atom stereocenters. The highest BCUT2D eigenvalue weighted by molar-refractivity contribution is 6.36. The molecule has 42 heavy (non-hydrogen) atoms. The van der Waals surface area contributed by atoms with Gasteiger partial charge >= 0.3 is 0 Å². The van der Waals surface area contributed by atoms with Crippen LogP contribution in [0.15, 0.2) is 97.1 Å². The van der Waals surface area contributed by atoms with Crippen molar-refractivity contribution in [2.75, 3.05) is 5.32 Å². The summed E-state index contributed by atoms with van der Waals surface area (Å²) in [6, 6.07) is 29.0. The van der Waals surface area contributed by atoms with Crippen molar-refractivity contribution in [3.8, 4) is 0 Å². The molecule has 1 fully saturated rings. The Morgan fingerprint density at radius 2 is 1.21 bits per heavy atom. The van der Waals surface area contributed by atoms with Crippen LogP contribution < -0.4 is 5.32 Å². The fourth-order valence-electron chi connectivity index (χ4n) is 7.18. The average molecular weight is 596 g/mol. The molecule has 0 spiro atoms. The predicted molar refractivity (Wildman–Crippen MR) is 163 cm³/mol. The van der Waals surface area contributed by atoms with Crippen molar-refractivity contribution in [1.82, 2.24) is 4.90 Å². The Bertz CT molecular complexity index is 1660. The highest BCUT2D eigenvalue weighted by Crippen LogP contribution is 2.69. The summed E-state index contributed by atoms with van der Waals surface area (Å²) in [7, 11) is 0. The number of nitrogens with zero attached hydrogens (tertiary/aromatic N) is 1. The number of carbonyl (C=O) groups is 3. The van der Waals surface area contributed by atoms with Crippen LogP contribution in [0.1, 0.15) is 38.9 Å². The van der Waals surface area contributed by atoms with Gasteiger partial charge in [-0.25, -0.2) is 0 Å². The van der Waals surface area contributed by atoms with E-state index in [1.165, 1.54) is 0 Å². The number of amides is 3. The zero-order chi connectivity index (χ0) is 29.4. The smallest absolute Gasteiger partial charge is 0.248 e. The number of aryl methyl sites for hydroxylation is 2. The molecule has 0 saturated carbocycles. The molecule has 3 amide bonds. The van der Waals surface area contributed by atoms with Gasteiger partial charge < -0.3 is 5.32 Å². The second kappa shape index (κ2) is 9.55. The van der Waals surface area contributed by atoms with Gasteiger partial charge in [-0.2, -0.15) is 0 Å². The Morgan fingerprint density at radius 1 is 0.738 bits per heavy atom. The van der Waals surface area contributed by atoms with Crippen LogP contribution in [0.3, 0.4) is 0 Å². The van der Waals surface area contributed by atoms with Gasteiger partial charge in [-0.3, -0.25) is 19.3 Å². The molecule has 4 aromatic carbocycles. The summed E-state index contributed by atoms with van der Waals surface area (Å²) in [4.78, 5) is 41.7. The first-order chi connectivity index (χ1) is 20.2. The van der Waals surface area contributed by atoms with E-state index in [0.717, 1.165) is 43.8 Å². The monoisotopic (exact) mass is 594 g/mol. The number of hydrogen-bond donors (Lipinski definition) is 1. The van der Waals surface area contributed by atoms with E-state index in [1.54, 1.807) is 0 Å². The van der Waals surface area contributed by atoms with Crippen molar-refractivity contribution >= 4 is 46.6 Å². The van der Waals surface area contributed by atoms with Crippen LogP contribution in [0.2, 0.25) is 0 Å². The molecule has 1 aliphatic heterocycles. The summed E-state index contributed by atoms with van der Waals surface area (Å²) in [5.74, 6) is -3.35. The molecule has 0 unspecified atom stereocenters. The highest BCUT2D eigenvalue weighted by atomic mass is 35.5. The number of imide groups is 1. The van der Waals surface area contributed by atoms with E-state index < -0.39 is 45.3 Å². The molecule has 1 heterocycles. The van der Waals surface area contributed by atoms with Crippen LogP contribution in [0, 0.1) is 25.7 Å². The third kappa shape index (κ3) is 3.60. The summed E-state index contributed by atoms with van der Waals surface area (Å²) < 4.78 is 0.